The Labute approximate surface area is 99.7 Å². The molecule has 1 N–H and O–H groups in total. The van der Waals surface area contributed by atoms with Gasteiger partial charge in [-0.25, -0.2) is 9.59 Å². The smallest absolute Gasteiger partial charge is 0.411 e. The first-order valence-corrected chi connectivity index (χ1v) is 5.19. The summed E-state index contributed by atoms with van der Waals surface area (Å²) in [6, 6.07) is 6.43. The van der Waals surface area contributed by atoms with Crippen molar-refractivity contribution in [3.8, 4) is 0 Å². The van der Waals surface area contributed by atoms with E-state index < -0.39 is 12.1 Å². The lowest BCUT2D eigenvalue weighted by Crippen LogP contribution is -2.18. The third-order valence-corrected chi connectivity index (χ3v) is 1.87. The number of carbonyl (C=O) groups excluding carboxylic acids is 2. The minimum absolute atomic E-state index is 0.196. The zero-order valence-electron chi connectivity index (χ0n) is 10.0. The maximum atomic E-state index is 11.3. The lowest BCUT2D eigenvalue weighted by Gasteiger charge is -2.09. The third kappa shape index (κ3) is 4.14. The number of hydrogen-bond acceptors (Lipinski definition) is 4. The molecule has 0 atom stereocenters. The Morgan fingerprint density at radius 1 is 1.29 bits per heavy atom. The molecule has 1 aromatic rings. The van der Waals surface area contributed by atoms with E-state index in [4.69, 9.17) is 4.74 Å². The average Bonchev–Trinajstić information content (AvgIpc) is 2.27. The molecule has 1 rings (SSSR count). The van der Waals surface area contributed by atoms with Gasteiger partial charge in [0, 0.05) is 5.69 Å². The largest absolute Gasteiger partial charge is 0.465 e. The van der Waals surface area contributed by atoms with Gasteiger partial charge in [0.1, 0.15) is 0 Å². The van der Waals surface area contributed by atoms with Crippen LogP contribution in [0.15, 0.2) is 24.3 Å². The highest BCUT2D eigenvalue weighted by Crippen LogP contribution is 2.12. The molecule has 0 aliphatic rings. The number of methoxy groups -OCH3 is 1. The summed E-state index contributed by atoms with van der Waals surface area (Å²) in [7, 11) is 1.30. The number of anilines is 1. The molecule has 5 heteroatoms. The molecule has 0 radical (unpaired) electrons. The fourth-order valence-electron chi connectivity index (χ4n) is 1.20. The zero-order chi connectivity index (χ0) is 12.8. The number of nitrogens with one attached hydrogen (secondary N) is 1. The Morgan fingerprint density at radius 2 is 2.00 bits per heavy atom. The molecule has 0 bridgehead atoms. The van der Waals surface area contributed by atoms with Gasteiger partial charge in [0.05, 0.1) is 18.8 Å². The molecule has 5 nitrogen and oxygen atoms in total. The number of carbonyl (C=O) groups is 2. The minimum Gasteiger partial charge on any atom is -0.465 e. The van der Waals surface area contributed by atoms with Crippen molar-refractivity contribution < 1.29 is 19.1 Å². The van der Waals surface area contributed by atoms with Gasteiger partial charge in [-0.05, 0) is 32.0 Å². The first-order chi connectivity index (χ1) is 8.02. The van der Waals surface area contributed by atoms with E-state index in [9.17, 15) is 9.59 Å². The molecule has 0 saturated carbocycles. The molecular formula is C12H15NO4. The van der Waals surface area contributed by atoms with Gasteiger partial charge in [-0.1, -0.05) is 6.07 Å². The predicted octanol–water partition coefficient (Wildman–Crippen LogP) is 2.43. The van der Waals surface area contributed by atoms with E-state index in [0.29, 0.717) is 11.3 Å². The summed E-state index contributed by atoms with van der Waals surface area (Å²) >= 11 is 0. The molecule has 0 unspecified atom stereocenters. The van der Waals surface area contributed by atoms with Crippen molar-refractivity contribution in [2.75, 3.05) is 12.4 Å². The quantitative estimate of drug-likeness (QED) is 0.820. The standard InChI is InChI=1S/C12H15NO4/c1-8(2)17-12(15)13-10-6-4-5-9(7-10)11(14)16-3/h4-8H,1-3H3,(H,13,15). The zero-order valence-corrected chi connectivity index (χ0v) is 10.0. The Morgan fingerprint density at radius 3 is 2.59 bits per heavy atom. The molecule has 1 aromatic carbocycles. The van der Waals surface area contributed by atoms with Crippen LogP contribution in [0.3, 0.4) is 0 Å². The Hall–Kier alpha value is -2.04. The van der Waals surface area contributed by atoms with E-state index in [0.717, 1.165) is 0 Å². The van der Waals surface area contributed by atoms with Crippen molar-refractivity contribution in [3.63, 3.8) is 0 Å². The van der Waals surface area contributed by atoms with Crippen molar-refractivity contribution in [3.05, 3.63) is 29.8 Å². The molecule has 0 aliphatic carbocycles. The average molecular weight is 237 g/mol. The summed E-state index contributed by atoms with van der Waals surface area (Å²) in [5.74, 6) is -0.453. The van der Waals surface area contributed by atoms with Crippen LogP contribution >= 0.6 is 0 Å². The van der Waals surface area contributed by atoms with E-state index >= 15 is 0 Å². The van der Waals surface area contributed by atoms with E-state index in [1.165, 1.54) is 13.2 Å². The SMILES string of the molecule is COC(=O)c1cccc(NC(=O)OC(C)C)c1. The molecule has 92 valence electrons. The van der Waals surface area contributed by atoms with Crippen LogP contribution in [0.4, 0.5) is 10.5 Å². The van der Waals surface area contributed by atoms with Gasteiger partial charge in [-0.2, -0.15) is 0 Å². The molecule has 17 heavy (non-hydrogen) atoms. The van der Waals surface area contributed by atoms with Crippen LogP contribution in [0, 0.1) is 0 Å². The first-order valence-electron chi connectivity index (χ1n) is 5.19. The van der Waals surface area contributed by atoms with Gasteiger partial charge in [0.25, 0.3) is 0 Å². The number of amides is 1. The van der Waals surface area contributed by atoms with Crippen molar-refractivity contribution >= 4 is 17.7 Å². The lowest BCUT2D eigenvalue weighted by atomic mass is 10.2. The molecular weight excluding hydrogens is 222 g/mol. The highest BCUT2D eigenvalue weighted by Gasteiger charge is 2.08. The summed E-state index contributed by atoms with van der Waals surface area (Å²) in [6.45, 7) is 3.51. The predicted molar refractivity (Wildman–Crippen MR) is 63.0 cm³/mol. The summed E-state index contributed by atoms with van der Waals surface area (Å²) < 4.78 is 9.49. The van der Waals surface area contributed by atoms with Gasteiger partial charge < -0.3 is 9.47 Å². The normalized spacial score (nSPS) is 9.88. The second-order valence-corrected chi connectivity index (χ2v) is 3.65. The second kappa shape index (κ2) is 5.89. The van der Waals surface area contributed by atoms with Crippen LogP contribution < -0.4 is 5.32 Å². The van der Waals surface area contributed by atoms with Crippen molar-refractivity contribution in [2.45, 2.75) is 20.0 Å². The van der Waals surface area contributed by atoms with Crippen LogP contribution in [0.1, 0.15) is 24.2 Å². The van der Waals surface area contributed by atoms with Gasteiger partial charge in [0.15, 0.2) is 0 Å². The molecule has 0 saturated heterocycles. The first kappa shape index (κ1) is 13.0. The molecule has 0 heterocycles. The fraction of sp³-hybridized carbons (Fsp3) is 0.333. The third-order valence-electron chi connectivity index (χ3n) is 1.87. The van der Waals surface area contributed by atoms with Crippen LogP contribution in [-0.4, -0.2) is 25.3 Å². The van der Waals surface area contributed by atoms with Crippen LogP contribution in [0.2, 0.25) is 0 Å². The van der Waals surface area contributed by atoms with Crippen molar-refractivity contribution in [1.82, 2.24) is 0 Å². The van der Waals surface area contributed by atoms with E-state index in [-0.39, 0.29) is 6.10 Å². The van der Waals surface area contributed by atoms with Crippen LogP contribution in [0.25, 0.3) is 0 Å². The van der Waals surface area contributed by atoms with E-state index in [1.807, 2.05) is 0 Å². The Kier molecular flexibility index (Phi) is 4.51. The highest BCUT2D eigenvalue weighted by molar-refractivity contribution is 5.92. The number of benzene rings is 1. The molecule has 0 fully saturated rings. The van der Waals surface area contributed by atoms with E-state index in [1.54, 1.807) is 32.0 Å². The molecule has 0 spiro atoms. The fourth-order valence-corrected chi connectivity index (χ4v) is 1.20. The van der Waals surface area contributed by atoms with Crippen LogP contribution in [0.5, 0.6) is 0 Å². The minimum atomic E-state index is -0.554. The number of rotatable bonds is 3. The maximum Gasteiger partial charge on any atom is 0.411 e. The maximum absolute atomic E-state index is 11.3. The topological polar surface area (TPSA) is 64.6 Å². The van der Waals surface area contributed by atoms with Crippen molar-refractivity contribution in [1.29, 1.82) is 0 Å². The lowest BCUT2D eigenvalue weighted by molar-refractivity contribution is 0.0600. The Bertz CT molecular complexity index is 415. The van der Waals surface area contributed by atoms with Crippen molar-refractivity contribution in [2.24, 2.45) is 0 Å². The molecule has 0 aromatic heterocycles. The monoisotopic (exact) mass is 237 g/mol. The number of hydrogen-bond donors (Lipinski definition) is 1. The number of esters is 1. The highest BCUT2D eigenvalue weighted by atomic mass is 16.6. The van der Waals surface area contributed by atoms with Gasteiger partial charge in [0.2, 0.25) is 0 Å². The molecule has 0 aliphatic heterocycles. The van der Waals surface area contributed by atoms with Gasteiger partial charge in [-0.15, -0.1) is 0 Å². The van der Waals surface area contributed by atoms with E-state index in [2.05, 4.69) is 10.1 Å². The summed E-state index contributed by atoms with van der Waals surface area (Å²) in [4.78, 5) is 22.6. The summed E-state index contributed by atoms with van der Waals surface area (Å²) in [5, 5.41) is 2.52. The Balaban J connectivity index is 2.72. The van der Waals surface area contributed by atoms with Gasteiger partial charge in [-0.3, -0.25) is 5.32 Å². The second-order valence-electron chi connectivity index (χ2n) is 3.65. The van der Waals surface area contributed by atoms with Gasteiger partial charge >= 0.3 is 12.1 Å². The van der Waals surface area contributed by atoms with Crippen LogP contribution in [-0.2, 0) is 9.47 Å². The summed E-state index contributed by atoms with van der Waals surface area (Å²) in [6.07, 6.45) is -0.749. The number of ether oxygens (including phenoxy) is 2. The summed E-state index contributed by atoms with van der Waals surface area (Å²) in [5.41, 5.74) is 0.855. The molecule has 1 amide bonds.